The Morgan fingerprint density at radius 3 is 2.39 bits per heavy atom. The number of hydrogen-bond acceptors (Lipinski definition) is 8. The molecule has 9 heteroatoms. The van der Waals surface area contributed by atoms with Crippen LogP contribution in [0.25, 0.3) is 11.0 Å². The average molecular weight is 487 g/mol. The number of amides is 1. The molecule has 0 bridgehead atoms. The normalized spacial score (nSPS) is 14.1. The fourth-order valence-corrected chi connectivity index (χ4v) is 4.48. The molecular formula is C27H21NO8. The van der Waals surface area contributed by atoms with Crippen LogP contribution >= 0.6 is 0 Å². The molecule has 0 spiro atoms. The Hall–Kier alpha value is -4.66. The van der Waals surface area contributed by atoms with Crippen molar-refractivity contribution in [2.45, 2.75) is 18.9 Å². The second-order valence-corrected chi connectivity index (χ2v) is 8.48. The lowest BCUT2D eigenvalue weighted by atomic mass is 9.87. The maximum atomic E-state index is 13.1. The van der Waals surface area contributed by atoms with Crippen molar-refractivity contribution in [3.63, 3.8) is 0 Å². The molecule has 2 aliphatic heterocycles. The molecule has 1 atom stereocenters. The molecule has 4 aromatic rings. The highest BCUT2D eigenvalue weighted by atomic mass is 16.7. The van der Waals surface area contributed by atoms with Crippen LogP contribution in [0, 0.1) is 0 Å². The number of para-hydroxylation sites is 1. The van der Waals surface area contributed by atoms with Crippen molar-refractivity contribution >= 4 is 16.9 Å². The topological polar surface area (TPSA) is 116 Å². The van der Waals surface area contributed by atoms with E-state index in [1.54, 1.807) is 48.5 Å². The van der Waals surface area contributed by atoms with Gasteiger partial charge >= 0.3 is 5.63 Å². The number of carbonyl (C=O) groups is 1. The fraction of sp³-hybridized carbons (Fsp3) is 0.185. The second-order valence-electron chi connectivity index (χ2n) is 8.48. The number of rotatable bonds is 6. The molecule has 36 heavy (non-hydrogen) atoms. The van der Waals surface area contributed by atoms with Gasteiger partial charge in [-0.1, -0.05) is 24.3 Å². The molecule has 1 aromatic heterocycles. The quantitative estimate of drug-likeness (QED) is 0.395. The van der Waals surface area contributed by atoms with Crippen LogP contribution in [0.3, 0.4) is 0 Å². The van der Waals surface area contributed by atoms with Crippen LogP contribution in [0.4, 0.5) is 0 Å². The third kappa shape index (κ3) is 3.94. The zero-order chi connectivity index (χ0) is 24.6. The Labute approximate surface area is 204 Å². The second kappa shape index (κ2) is 8.84. The standard InChI is InChI=1S/C27H21NO8/c29-24(28-12-15-5-7-20-22(9-15)34-13-32-20)11-18(16-6-8-21-23(10-16)35-14-33-21)25-26(30)17-3-1-2-4-19(17)36-27(25)31/h1-10,18,30H,11-14H2,(H,28,29)/t18-/m1/s1. The highest BCUT2D eigenvalue weighted by Gasteiger charge is 2.28. The van der Waals surface area contributed by atoms with Crippen LogP contribution in [0.5, 0.6) is 28.7 Å². The minimum Gasteiger partial charge on any atom is -0.507 e. The molecule has 3 heterocycles. The Morgan fingerprint density at radius 1 is 0.889 bits per heavy atom. The van der Waals surface area contributed by atoms with Gasteiger partial charge in [0.25, 0.3) is 0 Å². The van der Waals surface area contributed by atoms with E-state index in [0.717, 1.165) is 5.56 Å². The van der Waals surface area contributed by atoms with Gasteiger partial charge in [0.05, 0.1) is 10.9 Å². The van der Waals surface area contributed by atoms with Gasteiger partial charge in [0.1, 0.15) is 11.3 Å². The molecule has 1 amide bonds. The number of carbonyl (C=O) groups excluding carboxylic acids is 1. The first-order valence-corrected chi connectivity index (χ1v) is 11.4. The minimum atomic E-state index is -0.794. The van der Waals surface area contributed by atoms with Gasteiger partial charge in [-0.05, 0) is 47.5 Å². The van der Waals surface area contributed by atoms with E-state index >= 15 is 0 Å². The molecule has 0 aliphatic carbocycles. The third-order valence-corrected chi connectivity index (χ3v) is 6.28. The summed E-state index contributed by atoms with van der Waals surface area (Å²) in [5.41, 5.74) is 0.999. The number of hydrogen-bond donors (Lipinski definition) is 2. The summed E-state index contributed by atoms with van der Waals surface area (Å²) in [5.74, 6) is 1.03. The molecule has 2 N–H and O–H groups in total. The first-order valence-electron chi connectivity index (χ1n) is 11.4. The smallest absolute Gasteiger partial charge is 0.343 e. The molecule has 0 saturated heterocycles. The van der Waals surface area contributed by atoms with Gasteiger partial charge < -0.3 is 33.8 Å². The van der Waals surface area contributed by atoms with E-state index in [0.29, 0.717) is 33.9 Å². The number of nitrogens with one attached hydrogen (secondary N) is 1. The zero-order valence-corrected chi connectivity index (χ0v) is 19.0. The van der Waals surface area contributed by atoms with Crippen molar-refractivity contribution in [1.82, 2.24) is 5.32 Å². The van der Waals surface area contributed by atoms with Gasteiger partial charge in [-0.3, -0.25) is 4.79 Å². The highest BCUT2D eigenvalue weighted by molar-refractivity contribution is 5.85. The lowest BCUT2D eigenvalue weighted by Gasteiger charge is -2.19. The lowest BCUT2D eigenvalue weighted by molar-refractivity contribution is -0.121. The number of aromatic hydroxyl groups is 1. The summed E-state index contributed by atoms with van der Waals surface area (Å²) in [6.07, 6.45) is -0.110. The van der Waals surface area contributed by atoms with Crippen molar-refractivity contribution in [2.24, 2.45) is 0 Å². The van der Waals surface area contributed by atoms with Gasteiger partial charge in [-0.15, -0.1) is 0 Å². The van der Waals surface area contributed by atoms with E-state index in [9.17, 15) is 14.7 Å². The van der Waals surface area contributed by atoms with Crippen molar-refractivity contribution < 1.29 is 33.3 Å². The van der Waals surface area contributed by atoms with Crippen molar-refractivity contribution in [2.75, 3.05) is 13.6 Å². The van der Waals surface area contributed by atoms with Crippen LogP contribution < -0.4 is 29.9 Å². The molecule has 9 nitrogen and oxygen atoms in total. The van der Waals surface area contributed by atoms with Gasteiger partial charge in [0.2, 0.25) is 19.5 Å². The molecule has 0 unspecified atom stereocenters. The molecule has 3 aromatic carbocycles. The third-order valence-electron chi connectivity index (χ3n) is 6.28. The Bertz CT molecular complexity index is 1540. The summed E-state index contributed by atoms with van der Waals surface area (Å²) >= 11 is 0. The molecular weight excluding hydrogens is 466 g/mol. The molecule has 0 saturated carbocycles. The fourth-order valence-electron chi connectivity index (χ4n) is 4.48. The maximum absolute atomic E-state index is 13.1. The SMILES string of the molecule is O=C(C[C@H](c1ccc2c(c1)OCO2)c1c(O)c2ccccc2oc1=O)NCc1ccc2c(c1)OCO2. The molecule has 2 aliphatic rings. The van der Waals surface area contributed by atoms with Crippen molar-refractivity contribution in [3.8, 4) is 28.7 Å². The summed E-state index contributed by atoms with van der Waals surface area (Å²) in [5, 5.41) is 14.4. The number of benzene rings is 3. The predicted molar refractivity (Wildman–Crippen MR) is 128 cm³/mol. The first-order chi connectivity index (χ1) is 17.6. The summed E-state index contributed by atoms with van der Waals surface area (Å²) in [7, 11) is 0. The summed E-state index contributed by atoms with van der Waals surface area (Å²) in [4.78, 5) is 26.1. The Morgan fingerprint density at radius 2 is 1.58 bits per heavy atom. The molecule has 0 fully saturated rings. The van der Waals surface area contributed by atoms with Gasteiger partial charge in [-0.25, -0.2) is 4.79 Å². The highest BCUT2D eigenvalue weighted by Crippen LogP contribution is 2.40. The van der Waals surface area contributed by atoms with Crippen LogP contribution in [0.1, 0.15) is 29.0 Å². The number of ether oxygens (including phenoxy) is 4. The van der Waals surface area contributed by atoms with E-state index in [4.69, 9.17) is 23.4 Å². The monoisotopic (exact) mass is 487 g/mol. The average Bonchev–Trinajstić information content (AvgIpc) is 3.55. The van der Waals surface area contributed by atoms with E-state index < -0.39 is 11.5 Å². The summed E-state index contributed by atoms with van der Waals surface area (Å²) in [6.45, 7) is 0.505. The van der Waals surface area contributed by atoms with E-state index in [1.807, 2.05) is 12.1 Å². The zero-order valence-electron chi connectivity index (χ0n) is 19.0. The van der Waals surface area contributed by atoms with E-state index in [2.05, 4.69) is 5.32 Å². The summed E-state index contributed by atoms with van der Waals surface area (Å²) in [6, 6.07) is 17.3. The maximum Gasteiger partial charge on any atom is 0.343 e. The Kier molecular flexibility index (Phi) is 5.37. The molecule has 0 radical (unpaired) electrons. The predicted octanol–water partition coefficient (Wildman–Crippen LogP) is 3.79. The molecule has 182 valence electrons. The van der Waals surface area contributed by atoms with Crippen molar-refractivity contribution in [1.29, 1.82) is 0 Å². The summed E-state index contributed by atoms with van der Waals surface area (Å²) < 4.78 is 27.1. The van der Waals surface area contributed by atoms with Crippen molar-refractivity contribution in [3.05, 3.63) is 87.8 Å². The van der Waals surface area contributed by atoms with Gasteiger partial charge in [-0.2, -0.15) is 0 Å². The first kappa shape index (κ1) is 21.8. The molecule has 6 rings (SSSR count). The van der Waals surface area contributed by atoms with Gasteiger partial charge in [0.15, 0.2) is 23.0 Å². The Balaban J connectivity index is 1.32. The van der Waals surface area contributed by atoms with Crippen LogP contribution in [0.2, 0.25) is 0 Å². The van der Waals surface area contributed by atoms with Gasteiger partial charge in [0, 0.05) is 18.9 Å². The lowest BCUT2D eigenvalue weighted by Crippen LogP contribution is -2.26. The van der Waals surface area contributed by atoms with E-state index in [1.165, 1.54) is 0 Å². The largest absolute Gasteiger partial charge is 0.507 e. The van der Waals surface area contributed by atoms with Crippen LogP contribution in [0.15, 0.2) is 69.9 Å². The number of fused-ring (bicyclic) bond motifs is 3. The van der Waals surface area contributed by atoms with Crippen LogP contribution in [-0.2, 0) is 11.3 Å². The van der Waals surface area contributed by atoms with E-state index in [-0.39, 0.29) is 49.4 Å². The van der Waals surface area contributed by atoms with Crippen LogP contribution in [-0.4, -0.2) is 24.6 Å². The minimum absolute atomic E-state index is 0.00537.